The molecule has 0 radical (unpaired) electrons. The van der Waals surface area contributed by atoms with Crippen molar-refractivity contribution in [2.45, 2.75) is 26.6 Å². The van der Waals surface area contributed by atoms with Crippen LogP contribution in [-0.4, -0.2) is 21.3 Å². The summed E-state index contributed by atoms with van der Waals surface area (Å²) in [4.78, 5) is 0. The fourth-order valence-corrected chi connectivity index (χ4v) is 1.99. The number of nitrogens with zero attached hydrogens (tertiary/aromatic N) is 3. The quantitative estimate of drug-likeness (QED) is 0.878. The zero-order valence-corrected chi connectivity index (χ0v) is 11.5. The molecule has 1 aromatic heterocycles. The Hall–Kier alpha value is -2.12. The highest BCUT2D eigenvalue weighted by molar-refractivity contribution is 5.59. The van der Waals surface area contributed by atoms with Crippen molar-refractivity contribution in [1.82, 2.24) is 14.8 Å². The molecule has 0 saturated heterocycles. The molecule has 114 valence electrons. The van der Waals surface area contributed by atoms with E-state index in [1.165, 1.54) is 6.07 Å². The Labute approximate surface area is 118 Å². The van der Waals surface area contributed by atoms with E-state index in [2.05, 4.69) is 15.5 Å². The minimum Gasteiger partial charge on any atom is -0.355 e. The summed E-state index contributed by atoms with van der Waals surface area (Å²) in [7, 11) is 0. The van der Waals surface area contributed by atoms with Crippen molar-refractivity contribution in [1.29, 1.82) is 0 Å². The second-order valence-corrected chi connectivity index (χ2v) is 4.31. The number of aromatic nitrogens is 3. The van der Waals surface area contributed by atoms with Gasteiger partial charge in [0.1, 0.15) is 5.82 Å². The van der Waals surface area contributed by atoms with Crippen LogP contribution in [0.2, 0.25) is 0 Å². The largest absolute Gasteiger partial charge is 0.419 e. The van der Waals surface area contributed by atoms with Gasteiger partial charge in [-0.25, -0.2) is 4.39 Å². The van der Waals surface area contributed by atoms with Gasteiger partial charge in [-0.1, -0.05) is 0 Å². The maximum atomic E-state index is 13.3. The molecule has 0 saturated carbocycles. The van der Waals surface area contributed by atoms with Crippen LogP contribution in [0, 0.1) is 5.82 Å². The Morgan fingerprint density at radius 3 is 2.48 bits per heavy atom. The first-order valence-electron chi connectivity index (χ1n) is 6.42. The van der Waals surface area contributed by atoms with Gasteiger partial charge in [0.15, 0.2) is 5.82 Å². The lowest BCUT2D eigenvalue weighted by atomic mass is 10.1. The fourth-order valence-electron chi connectivity index (χ4n) is 1.99. The van der Waals surface area contributed by atoms with Gasteiger partial charge in [0.2, 0.25) is 5.95 Å². The molecule has 0 spiro atoms. The van der Waals surface area contributed by atoms with Crippen LogP contribution in [-0.2, 0) is 12.7 Å². The Balaban J connectivity index is 2.52. The van der Waals surface area contributed by atoms with Gasteiger partial charge in [-0.3, -0.25) is 4.57 Å². The smallest absolute Gasteiger partial charge is 0.355 e. The molecule has 2 aromatic rings. The molecular formula is C13H14F4N4. The minimum absolute atomic E-state index is 0.169. The van der Waals surface area contributed by atoms with E-state index in [-0.39, 0.29) is 11.4 Å². The van der Waals surface area contributed by atoms with Crippen LogP contribution >= 0.6 is 0 Å². The van der Waals surface area contributed by atoms with Gasteiger partial charge >= 0.3 is 6.18 Å². The number of hydrogen-bond donors (Lipinski definition) is 1. The van der Waals surface area contributed by atoms with E-state index in [0.29, 0.717) is 19.0 Å². The first-order valence-corrected chi connectivity index (χ1v) is 6.42. The monoisotopic (exact) mass is 302 g/mol. The summed E-state index contributed by atoms with van der Waals surface area (Å²) in [6.07, 6.45) is -4.75. The highest BCUT2D eigenvalue weighted by Crippen LogP contribution is 2.34. The van der Waals surface area contributed by atoms with Crippen LogP contribution in [0.15, 0.2) is 18.2 Å². The third-order valence-corrected chi connectivity index (χ3v) is 2.93. The predicted molar refractivity (Wildman–Crippen MR) is 70.3 cm³/mol. The van der Waals surface area contributed by atoms with Gasteiger partial charge in [0.05, 0.1) is 5.56 Å². The topological polar surface area (TPSA) is 42.7 Å². The van der Waals surface area contributed by atoms with Crippen molar-refractivity contribution in [3.8, 4) is 11.4 Å². The van der Waals surface area contributed by atoms with E-state index >= 15 is 0 Å². The van der Waals surface area contributed by atoms with Crippen LogP contribution in [0.4, 0.5) is 23.5 Å². The van der Waals surface area contributed by atoms with E-state index < -0.39 is 17.6 Å². The normalized spacial score (nSPS) is 11.7. The number of halogens is 4. The first-order chi connectivity index (χ1) is 9.88. The number of nitrogens with one attached hydrogen (secondary N) is 1. The van der Waals surface area contributed by atoms with Gasteiger partial charge in [0.25, 0.3) is 0 Å². The molecule has 0 aliphatic carbocycles. The summed E-state index contributed by atoms with van der Waals surface area (Å²) in [6.45, 7) is 4.77. The van der Waals surface area contributed by atoms with E-state index in [9.17, 15) is 17.6 Å². The molecule has 0 aliphatic heterocycles. The number of anilines is 1. The third kappa shape index (κ3) is 2.98. The highest BCUT2D eigenvalue weighted by Gasteiger charge is 2.34. The fraction of sp³-hybridized carbons (Fsp3) is 0.385. The lowest BCUT2D eigenvalue weighted by Crippen LogP contribution is -2.09. The molecule has 1 aromatic carbocycles. The molecule has 0 amide bonds. The lowest BCUT2D eigenvalue weighted by Gasteiger charge is -2.11. The van der Waals surface area contributed by atoms with Crippen molar-refractivity contribution < 1.29 is 17.6 Å². The van der Waals surface area contributed by atoms with E-state index in [4.69, 9.17) is 0 Å². The average Bonchev–Trinajstić information content (AvgIpc) is 2.81. The summed E-state index contributed by atoms with van der Waals surface area (Å²) in [6, 6.07) is 2.80. The summed E-state index contributed by atoms with van der Waals surface area (Å²) in [5.74, 6) is -0.576. The van der Waals surface area contributed by atoms with Crippen molar-refractivity contribution in [3.05, 3.63) is 29.6 Å². The highest BCUT2D eigenvalue weighted by atomic mass is 19.4. The standard InChI is InChI=1S/C13H14F4N4/c1-3-18-12-20-19-11(21(12)4-2)8-5-6-10(14)9(7-8)13(15,16)17/h5-7H,3-4H2,1-2H3,(H,18,20). The van der Waals surface area contributed by atoms with Crippen LogP contribution in [0.5, 0.6) is 0 Å². The maximum Gasteiger partial charge on any atom is 0.419 e. The number of alkyl halides is 3. The van der Waals surface area contributed by atoms with E-state index in [0.717, 1.165) is 12.1 Å². The first kappa shape index (κ1) is 15.3. The van der Waals surface area contributed by atoms with Crippen LogP contribution in [0.1, 0.15) is 19.4 Å². The Morgan fingerprint density at radius 1 is 1.19 bits per heavy atom. The maximum absolute atomic E-state index is 13.3. The Bertz CT molecular complexity index is 634. The number of benzene rings is 1. The van der Waals surface area contributed by atoms with Gasteiger partial charge in [0, 0.05) is 18.7 Å². The molecule has 0 aliphatic rings. The molecular weight excluding hydrogens is 288 g/mol. The van der Waals surface area contributed by atoms with Gasteiger partial charge in [-0.15, -0.1) is 10.2 Å². The minimum atomic E-state index is -4.75. The zero-order chi connectivity index (χ0) is 15.6. The average molecular weight is 302 g/mol. The third-order valence-electron chi connectivity index (χ3n) is 2.93. The van der Waals surface area contributed by atoms with E-state index in [1.807, 2.05) is 13.8 Å². The van der Waals surface area contributed by atoms with Gasteiger partial charge in [-0.2, -0.15) is 13.2 Å². The number of rotatable bonds is 4. The second-order valence-electron chi connectivity index (χ2n) is 4.31. The van der Waals surface area contributed by atoms with Gasteiger partial charge in [-0.05, 0) is 32.0 Å². The lowest BCUT2D eigenvalue weighted by molar-refractivity contribution is -0.139. The molecule has 0 atom stereocenters. The molecule has 1 heterocycles. The molecule has 0 fully saturated rings. The summed E-state index contributed by atoms with van der Waals surface area (Å²) < 4.78 is 53.2. The van der Waals surface area contributed by atoms with Crippen LogP contribution in [0.25, 0.3) is 11.4 Å². The second kappa shape index (κ2) is 5.71. The van der Waals surface area contributed by atoms with Crippen molar-refractivity contribution in [2.24, 2.45) is 0 Å². The SMILES string of the molecule is CCNc1nnc(-c2ccc(F)c(C(F)(F)F)c2)n1CC. The van der Waals surface area contributed by atoms with Gasteiger partial charge < -0.3 is 5.32 Å². The zero-order valence-electron chi connectivity index (χ0n) is 11.5. The molecule has 4 nitrogen and oxygen atoms in total. The molecule has 1 N–H and O–H groups in total. The number of hydrogen-bond acceptors (Lipinski definition) is 3. The molecule has 8 heteroatoms. The summed E-state index contributed by atoms with van der Waals surface area (Å²) >= 11 is 0. The molecule has 0 bridgehead atoms. The molecule has 0 unspecified atom stereocenters. The van der Waals surface area contributed by atoms with Crippen LogP contribution in [0.3, 0.4) is 0 Å². The Kier molecular flexibility index (Phi) is 4.15. The Morgan fingerprint density at radius 2 is 1.90 bits per heavy atom. The van der Waals surface area contributed by atoms with Crippen LogP contribution < -0.4 is 5.32 Å². The van der Waals surface area contributed by atoms with Crippen molar-refractivity contribution in [3.63, 3.8) is 0 Å². The summed E-state index contributed by atoms with van der Waals surface area (Å²) in [5, 5.41) is 10.8. The van der Waals surface area contributed by atoms with Crippen molar-refractivity contribution in [2.75, 3.05) is 11.9 Å². The predicted octanol–water partition coefficient (Wildman–Crippen LogP) is 3.55. The molecule has 2 rings (SSSR count). The van der Waals surface area contributed by atoms with Crippen molar-refractivity contribution >= 4 is 5.95 Å². The van der Waals surface area contributed by atoms with E-state index in [1.54, 1.807) is 4.57 Å². The molecule has 21 heavy (non-hydrogen) atoms. The summed E-state index contributed by atoms with van der Waals surface area (Å²) in [5.41, 5.74) is -1.14.